The highest BCUT2D eigenvalue weighted by Gasteiger charge is 2.05. The monoisotopic (exact) mass is 246 g/mol. The summed E-state index contributed by atoms with van der Waals surface area (Å²) in [5.41, 5.74) is 0.869. The molecule has 70 valence electrons. The highest BCUT2D eigenvalue weighted by Crippen LogP contribution is 2.19. The summed E-state index contributed by atoms with van der Waals surface area (Å²) >= 11 is 3.22. The standard InChI is InChI=1S/C10H9BrF2/c11-6-2-4-8-3-1-5-9(7-8)10(12)13/h1-5,7,10H,6H2/b4-2+. The lowest BCUT2D eigenvalue weighted by molar-refractivity contribution is 0.151. The van der Waals surface area contributed by atoms with Crippen LogP contribution in [0, 0.1) is 0 Å². The minimum atomic E-state index is -2.39. The van der Waals surface area contributed by atoms with Gasteiger partial charge in [0.15, 0.2) is 0 Å². The van der Waals surface area contributed by atoms with Gasteiger partial charge in [-0.25, -0.2) is 8.78 Å². The minimum Gasteiger partial charge on any atom is -0.205 e. The molecule has 0 atom stereocenters. The van der Waals surface area contributed by atoms with Gasteiger partial charge in [0.2, 0.25) is 0 Å². The van der Waals surface area contributed by atoms with Gasteiger partial charge in [-0.2, -0.15) is 0 Å². The van der Waals surface area contributed by atoms with E-state index in [2.05, 4.69) is 15.9 Å². The Morgan fingerprint density at radius 2 is 2.15 bits per heavy atom. The molecule has 0 aromatic heterocycles. The van der Waals surface area contributed by atoms with E-state index in [-0.39, 0.29) is 5.56 Å². The van der Waals surface area contributed by atoms with E-state index in [0.717, 1.165) is 10.9 Å². The van der Waals surface area contributed by atoms with Crippen LogP contribution in [0.2, 0.25) is 0 Å². The second-order valence-electron chi connectivity index (χ2n) is 2.53. The van der Waals surface area contributed by atoms with Crippen molar-refractivity contribution in [3.05, 3.63) is 41.5 Å². The van der Waals surface area contributed by atoms with Gasteiger partial charge in [0.05, 0.1) is 0 Å². The molecule has 0 saturated carbocycles. The highest BCUT2D eigenvalue weighted by molar-refractivity contribution is 9.09. The van der Waals surface area contributed by atoms with Gasteiger partial charge in [0, 0.05) is 10.9 Å². The molecule has 0 unspecified atom stereocenters. The molecule has 1 rings (SSSR count). The lowest BCUT2D eigenvalue weighted by Gasteiger charge is -1.99. The zero-order chi connectivity index (χ0) is 9.68. The van der Waals surface area contributed by atoms with E-state index in [1.165, 1.54) is 12.1 Å². The zero-order valence-electron chi connectivity index (χ0n) is 6.88. The van der Waals surface area contributed by atoms with E-state index >= 15 is 0 Å². The van der Waals surface area contributed by atoms with Gasteiger partial charge in [0.25, 0.3) is 6.43 Å². The molecular weight excluding hydrogens is 238 g/mol. The van der Waals surface area contributed by atoms with Crippen LogP contribution in [0.3, 0.4) is 0 Å². The minimum absolute atomic E-state index is 0.0664. The largest absolute Gasteiger partial charge is 0.263 e. The fraction of sp³-hybridized carbons (Fsp3) is 0.200. The Morgan fingerprint density at radius 3 is 2.77 bits per heavy atom. The van der Waals surface area contributed by atoms with Gasteiger partial charge >= 0.3 is 0 Å². The van der Waals surface area contributed by atoms with Crippen molar-refractivity contribution in [2.24, 2.45) is 0 Å². The molecule has 1 aromatic rings. The van der Waals surface area contributed by atoms with Crippen LogP contribution in [-0.4, -0.2) is 5.33 Å². The van der Waals surface area contributed by atoms with Crippen LogP contribution < -0.4 is 0 Å². The normalized spacial score (nSPS) is 11.4. The van der Waals surface area contributed by atoms with Crippen LogP contribution in [0.5, 0.6) is 0 Å². The third-order valence-corrected chi connectivity index (χ3v) is 1.94. The molecule has 3 heteroatoms. The lowest BCUT2D eigenvalue weighted by atomic mass is 10.1. The van der Waals surface area contributed by atoms with Crippen molar-refractivity contribution in [1.82, 2.24) is 0 Å². The number of allylic oxidation sites excluding steroid dienone is 1. The third-order valence-electron chi connectivity index (χ3n) is 1.56. The van der Waals surface area contributed by atoms with Crippen molar-refractivity contribution in [3.8, 4) is 0 Å². The Bertz CT molecular complexity index is 295. The zero-order valence-corrected chi connectivity index (χ0v) is 8.47. The first-order valence-corrected chi connectivity index (χ1v) is 4.97. The van der Waals surface area contributed by atoms with E-state index in [1.54, 1.807) is 18.2 Å². The lowest BCUT2D eigenvalue weighted by Crippen LogP contribution is -1.83. The maximum atomic E-state index is 12.2. The van der Waals surface area contributed by atoms with Gasteiger partial charge in [-0.3, -0.25) is 0 Å². The summed E-state index contributed by atoms with van der Waals surface area (Å²) in [7, 11) is 0. The fourth-order valence-corrected chi connectivity index (χ4v) is 1.17. The molecule has 0 amide bonds. The number of rotatable bonds is 3. The highest BCUT2D eigenvalue weighted by atomic mass is 79.9. The Balaban J connectivity index is 2.85. The average Bonchev–Trinajstić information content (AvgIpc) is 2.15. The fourth-order valence-electron chi connectivity index (χ4n) is 0.979. The number of alkyl halides is 3. The van der Waals surface area contributed by atoms with Crippen LogP contribution in [0.15, 0.2) is 30.3 Å². The molecule has 0 N–H and O–H groups in total. The van der Waals surface area contributed by atoms with E-state index in [0.29, 0.717) is 0 Å². The summed E-state index contributed by atoms with van der Waals surface area (Å²) in [5, 5.41) is 0.728. The molecule has 0 nitrogen and oxygen atoms in total. The molecule has 0 aliphatic rings. The maximum Gasteiger partial charge on any atom is 0.263 e. The van der Waals surface area contributed by atoms with Gasteiger partial charge in [0.1, 0.15) is 0 Å². The predicted octanol–water partition coefficient (Wildman–Crippen LogP) is 4.03. The van der Waals surface area contributed by atoms with Crippen molar-refractivity contribution in [3.63, 3.8) is 0 Å². The van der Waals surface area contributed by atoms with Gasteiger partial charge in [-0.15, -0.1) is 0 Å². The second-order valence-corrected chi connectivity index (χ2v) is 3.17. The first kappa shape index (κ1) is 10.4. The molecule has 0 aliphatic heterocycles. The number of benzene rings is 1. The topological polar surface area (TPSA) is 0 Å². The van der Waals surface area contributed by atoms with Crippen LogP contribution in [0.25, 0.3) is 6.08 Å². The second kappa shape index (κ2) is 5.12. The molecule has 0 radical (unpaired) electrons. The van der Waals surface area contributed by atoms with E-state index in [4.69, 9.17) is 0 Å². The summed E-state index contributed by atoms with van der Waals surface area (Å²) in [6, 6.07) is 6.35. The molecule has 13 heavy (non-hydrogen) atoms. The van der Waals surface area contributed by atoms with Crippen LogP contribution in [-0.2, 0) is 0 Å². The SMILES string of the molecule is FC(F)c1cccc(/C=C/CBr)c1. The molecule has 0 bridgehead atoms. The third kappa shape index (κ3) is 3.27. The Kier molecular flexibility index (Phi) is 4.09. The molecule has 0 heterocycles. The molecule has 0 spiro atoms. The molecule has 0 fully saturated rings. The van der Waals surface area contributed by atoms with Crippen molar-refractivity contribution in [1.29, 1.82) is 0 Å². The predicted molar refractivity (Wildman–Crippen MR) is 54.2 cm³/mol. The first-order valence-electron chi connectivity index (χ1n) is 3.84. The number of hydrogen-bond donors (Lipinski definition) is 0. The molecule has 0 aliphatic carbocycles. The van der Waals surface area contributed by atoms with Crippen LogP contribution in [0.1, 0.15) is 17.6 Å². The van der Waals surface area contributed by atoms with Gasteiger partial charge < -0.3 is 0 Å². The average molecular weight is 247 g/mol. The van der Waals surface area contributed by atoms with Crippen molar-refractivity contribution >= 4 is 22.0 Å². The van der Waals surface area contributed by atoms with Crippen LogP contribution in [0.4, 0.5) is 8.78 Å². The van der Waals surface area contributed by atoms with Crippen molar-refractivity contribution in [2.75, 3.05) is 5.33 Å². The Labute approximate surface area is 84.4 Å². The molecular formula is C10H9BrF2. The van der Waals surface area contributed by atoms with E-state index in [1.807, 2.05) is 6.08 Å². The summed E-state index contributed by atoms with van der Waals surface area (Å²) in [5.74, 6) is 0. The van der Waals surface area contributed by atoms with E-state index < -0.39 is 6.43 Å². The van der Waals surface area contributed by atoms with E-state index in [9.17, 15) is 8.78 Å². The first-order chi connectivity index (χ1) is 6.24. The maximum absolute atomic E-state index is 12.2. The van der Waals surface area contributed by atoms with Crippen molar-refractivity contribution < 1.29 is 8.78 Å². The molecule has 1 aromatic carbocycles. The van der Waals surface area contributed by atoms with Gasteiger partial charge in [-0.1, -0.05) is 46.3 Å². The summed E-state index contributed by atoms with van der Waals surface area (Å²) in [6.45, 7) is 0. The summed E-state index contributed by atoms with van der Waals surface area (Å²) in [6.07, 6.45) is 1.28. The molecule has 0 saturated heterocycles. The summed E-state index contributed by atoms with van der Waals surface area (Å²) < 4.78 is 24.5. The smallest absolute Gasteiger partial charge is 0.205 e. The van der Waals surface area contributed by atoms with Crippen LogP contribution >= 0.6 is 15.9 Å². The Morgan fingerprint density at radius 1 is 1.38 bits per heavy atom. The van der Waals surface area contributed by atoms with Gasteiger partial charge in [-0.05, 0) is 11.6 Å². The van der Waals surface area contributed by atoms with Crippen molar-refractivity contribution in [2.45, 2.75) is 6.43 Å². The number of hydrogen-bond acceptors (Lipinski definition) is 0. The number of halogens is 3. The quantitative estimate of drug-likeness (QED) is 0.707. The summed E-state index contributed by atoms with van der Waals surface area (Å²) in [4.78, 5) is 0. The Hall–Kier alpha value is -0.700.